The highest BCUT2D eigenvalue weighted by molar-refractivity contribution is 5.94. The van der Waals surface area contributed by atoms with E-state index in [9.17, 15) is 14.7 Å². The van der Waals surface area contributed by atoms with Crippen molar-refractivity contribution in [1.82, 2.24) is 10.2 Å². The van der Waals surface area contributed by atoms with Crippen molar-refractivity contribution < 1.29 is 24.5 Å². The molecule has 3 aromatic rings. The summed E-state index contributed by atoms with van der Waals surface area (Å²) in [5.41, 5.74) is 2.81. The summed E-state index contributed by atoms with van der Waals surface area (Å²) in [5, 5.41) is 22.7. The van der Waals surface area contributed by atoms with Gasteiger partial charge in [0.15, 0.2) is 0 Å². The van der Waals surface area contributed by atoms with E-state index in [1.807, 2.05) is 30.3 Å². The standard InChI is InChI=1S/C28H30N2O5/c31-26-7-4-16-30(17-20-8-10-23(11-9-20)28(33)34)18-25(26)29-27(32)22-12-14-24(15-13-22)35-19-21-5-2-1-3-6-21/h1-3,5-6,8-15,25-26,31H,4,7,16-19H2,(H,29,32)(H,33,34)/t25-,26+/m0/s1. The third-order valence-electron chi connectivity index (χ3n) is 6.18. The van der Waals surface area contributed by atoms with Crippen molar-refractivity contribution in [2.24, 2.45) is 0 Å². The number of nitrogens with zero attached hydrogens (tertiary/aromatic N) is 1. The third-order valence-corrected chi connectivity index (χ3v) is 6.18. The second kappa shape index (κ2) is 11.6. The van der Waals surface area contributed by atoms with Crippen molar-refractivity contribution in [3.63, 3.8) is 0 Å². The quantitative estimate of drug-likeness (QED) is 0.460. The smallest absolute Gasteiger partial charge is 0.335 e. The fraction of sp³-hybridized carbons (Fsp3) is 0.286. The highest BCUT2D eigenvalue weighted by Crippen LogP contribution is 2.18. The molecule has 0 saturated carbocycles. The number of hydrogen-bond donors (Lipinski definition) is 3. The van der Waals surface area contributed by atoms with E-state index >= 15 is 0 Å². The zero-order valence-corrected chi connectivity index (χ0v) is 19.5. The number of aliphatic hydroxyl groups is 1. The highest BCUT2D eigenvalue weighted by atomic mass is 16.5. The Balaban J connectivity index is 1.33. The SMILES string of the molecule is O=C(O)c1ccc(CN2CCC[C@@H](O)[C@@H](NC(=O)c3ccc(OCc4ccccc4)cc3)C2)cc1. The van der Waals surface area contributed by atoms with Gasteiger partial charge in [0.1, 0.15) is 12.4 Å². The normalized spacial score (nSPS) is 18.4. The van der Waals surface area contributed by atoms with Crippen LogP contribution in [0.1, 0.15) is 44.7 Å². The van der Waals surface area contributed by atoms with E-state index < -0.39 is 18.1 Å². The molecule has 0 bridgehead atoms. The second-order valence-electron chi connectivity index (χ2n) is 8.83. The van der Waals surface area contributed by atoms with E-state index in [0.29, 0.717) is 37.4 Å². The molecule has 1 aliphatic rings. The van der Waals surface area contributed by atoms with Gasteiger partial charge in [-0.3, -0.25) is 9.69 Å². The zero-order valence-electron chi connectivity index (χ0n) is 19.5. The number of aliphatic hydroxyl groups excluding tert-OH is 1. The number of likely N-dealkylation sites (tertiary alicyclic amines) is 1. The van der Waals surface area contributed by atoms with Crippen molar-refractivity contribution in [1.29, 1.82) is 0 Å². The van der Waals surface area contributed by atoms with Crippen LogP contribution in [0.15, 0.2) is 78.9 Å². The van der Waals surface area contributed by atoms with Crippen molar-refractivity contribution in [2.45, 2.75) is 38.1 Å². The van der Waals surface area contributed by atoms with E-state index in [1.54, 1.807) is 48.5 Å². The number of carboxylic acids is 1. The van der Waals surface area contributed by atoms with Gasteiger partial charge in [0.2, 0.25) is 0 Å². The molecule has 3 N–H and O–H groups in total. The Labute approximate surface area is 205 Å². The Hall–Kier alpha value is -3.68. The molecule has 0 spiro atoms. The van der Waals surface area contributed by atoms with Gasteiger partial charge in [-0.05, 0) is 66.9 Å². The summed E-state index contributed by atoms with van der Waals surface area (Å²) in [6, 6.07) is 23.3. The molecule has 1 amide bonds. The Morgan fingerprint density at radius 2 is 1.60 bits per heavy atom. The molecule has 1 aliphatic heterocycles. The van der Waals surface area contributed by atoms with Gasteiger partial charge in [-0.1, -0.05) is 42.5 Å². The van der Waals surface area contributed by atoms with Crippen LogP contribution in [0.25, 0.3) is 0 Å². The number of rotatable bonds is 8. The van der Waals surface area contributed by atoms with Crippen LogP contribution in [0.3, 0.4) is 0 Å². The zero-order chi connectivity index (χ0) is 24.6. The average molecular weight is 475 g/mol. The summed E-state index contributed by atoms with van der Waals surface area (Å²) in [7, 11) is 0. The van der Waals surface area contributed by atoms with E-state index in [0.717, 1.165) is 24.1 Å². The predicted octanol–water partition coefficient (Wildman–Crippen LogP) is 3.72. The minimum Gasteiger partial charge on any atom is -0.489 e. The fourth-order valence-electron chi connectivity index (χ4n) is 4.21. The summed E-state index contributed by atoms with van der Waals surface area (Å²) < 4.78 is 5.79. The van der Waals surface area contributed by atoms with E-state index in [2.05, 4.69) is 10.2 Å². The van der Waals surface area contributed by atoms with Gasteiger partial charge in [-0.15, -0.1) is 0 Å². The molecule has 0 aliphatic carbocycles. The lowest BCUT2D eigenvalue weighted by molar-refractivity contribution is 0.0696. The number of ether oxygens (including phenoxy) is 1. The largest absolute Gasteiger partial charge is 0.489 e. The summed E-state index contributed by atoms with van der Waals surface area (Å²) >= 11 is 0. The van der Waals surface area contributed by atoms with E-state index in [-0.39, 0.29) is 11.5 Å². The summed E-state index contributed by atoms with van der Waals surface area (Å²) in [6.07, 6.45) is 0.784. The van der Waals surface area contributed by atoms with Gasteiger partial charge in [-0.25, -0.2) is 4.79 Å². The maximum Gasteiger partial charge on any atom is 0.335 e. The van der Waals surface area contributed by atoms with Crippen LogP contribution >= 0.6 is 0 Å². The molecular formula is C28H30N2O5. The van der Waals surface area contributed by atoms with Crippen molar-refractivity contribution >= 4 is 11.9 Å². The molecule has 0 unspecified atom stereocenters. The molecule has 1 fully saturated rings. The molecule has 7 heteroatoms. The number of carbonyl (C=O) groups excluding carboxylic acids is 1. The van der Waals surface area contributed by atoms with Gasteiger partial charge in [-0.2, -0.15) is 0 Å². The lowest BCUT2D eigenvalue weighted by atomic mass is 10.1. The molecule has 4 rings (SSSR count). The number of aromatic carboxylic acids is 1. The maximum atomic E-state index is 12.9. The number of carboxylic acid groups (broad SMARTS) is 1. The molecule has 2 atom stereocenters. The fourth-order valence-corrected chi connectivity index (χ4v) is 4.21. The first-order chi connectivity index (χ1) is 17.0. The minimum atomic E-state index is -0.951. The summed E-state index contributed by atoms with van der Waals surface area (Å²) in [4.78, 5) is 26.1. The molecule has 0 radical (unpaired) electrons. The number of hydrogen-bond acceptors (Lipinski definition) is 5. The lowest BCUT2D eigenvalue weighted by Gasteiger charge is -2.27. The van der Waals surface area contributed by atoms with Gasteiger partial charge in [0, 0.05) is 18.7 Å². The number of amides is 1. The first-order valence-corrected chi connectivity index (χ1v) is 11.8. The lowest BCUT2D eigenvalue weighted by Crippen LogP contribution is -2.48. The van der Waals surface area contributed by atoms with Crippen LogP contribution in [0.4, 0.5) is 0 Å². The average Bonchev–Trinajstić information content (AvgIpc) is 3.04. The molecule has 0 aromatic heterocycles. The summed E-state index contributed by atoms with van der Waals surface area (Å²) in [6.45, 7) is 2.37. The first kappa shape index (κ1) is 24.4. The topological polar surface area (TPSA) is 99.1 Å². The minimum absolute atomic E-state index is 0.240. The Morgan fingerprint density at radius 3 is 2.29 bits per heavy atom. The molecule has 1 heterocycles. The van der Waals surface area contributed by atoms with Gasteiger partial charge < -0.3 is 20.3 Å². The van der Waals surface area contributed by atoms with Gasteiger partial charge in [0.05, 0.1) is 17.7 Å². The molecule has 182 valence electrons. The van der Waals surface area contributed by atoms with Crippen LogP contribution in [-0.2, 0) is 13.2 Å². The maximum absolute atomic E-state index is 12.9. The van der Waals surface area contributed by atoms with Crippen molar-refractivity contribution in [2.75, 3.05) is 13.1 Å². The van der Waals surface area contributed by atoms with Crippen LogP contribution in [-0.4, -0.2) is 52.2 Å². The van der Waals surface area contributed by atoms with Crippen molar-refractivity contribution in [3.8, 4) is 5.75 Å². The second-order valence-corrected chi connectivity index (χ2v) is 8.83. The third kappa shape index (κ3) is 6.91. The van der Waals surface area contributed by atoms with Gasteiger partial charge >= 0.3 is 5.97 Å². The summed E-state index contributed by atoms with van der Waals surface area (Å²) in [5.74, 6) is -0.510. The molecule has 35 heavy (non-hydrogen) atoms. The van der Waals surface area contributed by atoms with E-state index in [4.69, 9.17) is 9.84 Å². The highest BCUT2D eigenvalue weighted by Gasteiger charge is 2.27. The number of benzene rings is 3. The molecule has 7 nitrogen and oxygen atoms in total. The van der Waals surface area contributed by atoms with Crippen LogP contribution < -0.4 is 10.1 Å². The van der Waals surface area contributed by atoms with Crippen LogP contribution in [0.2, 0.25) is 0 Å². The van der Waals surface area contributed by atoms with Crippen LogP contribution in [0, 0.1) is 0 Å². The Bertz CT molecular complexity index is 1120. The monoisotopic (exact) mass is 474 g/mol. The number of nitrogens with one attached hydrogen (secondary N) is 1. The Kier molecular flexibility index (Phi) is 8.13. The predicted molar refractivity (Wildman–Crippen MR) is 132 cm³/mol. The number of carbonyl (C=O) groups is 2. The van der Waals surface area contributed by atoms with E-state index in [1.165, 1.54) is 0 Å². The first-order valence-electron chi connectivity index (χ1n) is 11.8. The molecule has 1 saturated heterocycles. The van der Waals surface area contributed by atoms with Crippen LogP contribution in [0.5, 0.6) is 5.75 Å². The molecular weight excluding hydrogens is 444 g/mol. The Morgan fingerprint density at radius 1 is 0.914 bits per heavy atom. The molecule has 3 aromatic carbocycles. The van der Waals surface area contributed by atoms with Crippen molar-refractivity contribution in [3.05, 3.63) is 101 Å². The van der Waals surface area contributed by atoms with Gasteiger partial charge in [0.25, 0.3) is 5.91 Å².